The van der Waals surface area contributed by atoms with Crippen molar-refractivity contribution in [2.75, 3.05) is 11.9 Å². The van der Waals surface area contributed by atoms with E-state index in [0.29, 0.717) is 29.6 Å². The van der Waals surface area contributed by atoms with Crippen LogP contribution in [0.4, 0.5) is 5.69 Å². The van der Waals surface area contributed by atoms with Gasteiger partial charge in [-0.1, -0.05) is 28.1 Å². The molecule has 160 valence electrons. The third-order valence-electron chi connectivity index (χ3n) is 5.29. The summed E-state index contributed by atoms with van der Waals surface area (Å²) in [6.45, 7) is 1.93. The Morgan fingerprint density at radius 1 is 1.26 bits per heavy atom. The molecule has 0 fully saturated rings. The average Bonchev–Trinajstić information content (AvgIpc) is 2.73. The SMILES string of the molecule is CCOC(=O)c1ccccc1NC(=O)CC1CCc2cc(Br)cc3[nH]c(=O)c(=O)n1c23. The maximum Gasteiger partial charge on any atom is 0.340 e. The van der Waals surface area contributed by atoms with Gasteiger partial charge in [0.05, 0.1) is 28.9 Å². The summed E-state index contributed by atoms with van der Waals surface area (Å²) in [7, 11) is 0. The van der Waals surface area contributed by atoms with Gasteiger partial charge in [-0.25, -0.2) is 4.79 Å². The molecule has 2 aromatic carbocycles. The third kappa shape index (κ3) is 4.05. The first-order valence-corrected chi connectivity index (χ1v) is 10.7. The van der Waals surface area contributed by atoms with Gasteiger partial charge in [0.25, 0.3) is 0 Å². The maximum absolute atomic E-state index is 12.8. The van der Waals surface area contributed by atoms with Gasteiger partial charge in [-0.2, -0.15) is 0 Å². The van der Waals surface area contributed by atoms with Gasteiger partial charge in [0.2, 0.25) is 5.91 Å². The number of anilines is 1. The molecule has 9 heteroatoms. The van der Waals surface area contributed by atoms with Crippen molar-refractivity contribution in [1.29, 1.82) is 0 Å². The van der Waals surface area contributed by atoms with Crippen molar-refractivity contribution in [2.24, 2.45) is 0 Å². The van der Waals surface area contributed by atoms with Crippen molar-refractivity contribution in [1.82, 2.24) is 9.55 Å². The van der Waals surface area contributed by atoms with E-state index in [2.05, 4.69) is 26.2 Å². The Balaban J connectivity index is 1.65. The number of aromatic nitrogens is 2. The predicted molar refractivity (Wildman–Crippen MR) is 120 cm³/mol. The lowest BCUT2D eigenvalue weighted by molar-refractivity contribution is -0.117. The minimum Gasteiger partial charge on any atom is -0.462 e. The van der Waals surface area contributed by atoms with Crippen LogP contribution in [0.25, 0.3) is 11.0 Å². The van der Waals surface area contributed by atoms with Crippen LogP contribution in [0.1, 0.15) is 41.7 Å². The number of benzene rings is 2. The molecule has 1 amide bonds. The van der Waals surface area contributed by atoms with Crippen LogP contribution in [-0.2, 0) is 16.0 Å². The van der Waals surface area contributed by atoms with Crippen LogP contribution in [0.15, 0.2) is 50.5 Å². The quantitative estimate of drug-likeness (QED) is 0.426. The van der Waals surface area contributed by atoms with E-state index >= 15 is 0 Å². The zero-order chi connectivity index (χ0) is 22.1. The molecule has 2 heterocycles. The second-order valence-corrected chi connectivity index (χ2v) is 8.22. The number of aromatic amines is 1. The highest BCUT2D eigenvalue weighted by Crippen LogP contribution is 2.32. The number of nitrogens with zero attached hydrogens (tertiary/aromatic N) is 1. The summed E-state index contributed by atoms with van der Waals surface area (Å²) in [5.74, 6) is -0.884. The highest BCUT2D eigenvalue weighted by molar-refractivity contribution is 9.10. The van der Waals surface area contributed by atoms with Crippen LogP contribution in [0.3, 0.4) is 0 Å². The topological polar surface area (TPSA) is 110 Å². The summed E-state index contributed by atoms with van der Waals surface area (Å²) >= 11 is 3.43. The molecule has 0 radical (unpaired) electrons. The van der Waals surface area contributed by atoms with E-state index in [-0.39, 0.29) is 24.5 Å². The number of hydrogen-bond acceptors (Lipinski definition) is 5. The molecular formula is C22H20BrN3O5. The van der Waals surface area contributed by atoms with E-state index in [9.17, 15) is 19.2 Å². The summed E-state index contributed by atoms with van der Waals surface area (Å²) < 4.78 is 7.27. The van der Waals surface area contributed by atoms with Gasteiger partial charge in [-0.05, 0) is 49.6 Å². The number of carbonyl (C=O) groups excluding carboxylic acids is 2. The monoisotopic (exact) mass is 485 g/mol. The number of ether oxygens (including phenoxy) is 1. The summed E-state index contributed by atoms with van der Waals surface area (Å²) in [6.07, 6.45) is 1.19. The van der Waals surface area contributed by atoms with E-state index < -0.39 is 23.1 Å². The fourth-order valence-corrected chi connectivity index (χ4v) is 4.51. The van der Waals surface area contributed by atoms with Crippen LogP contribution in [0, 0.1) is 0 Å². The molecule has 3 aromatic rings. The first-order chi connectivity index (χ1) is 14.9. The largest absolute Gasteiger partial charge is 0.462 e. The van der Waals surface area contributed by atoms with Crippen LogP contribution in [0.5, 0.6) is 0 Å². The molecule has 2 N–H and O–H groups in total. The van der Waals surface area contributed by atoms with Crippen LogP contribution >= 0.6 is 15.9 Å². The van der Waals surface area contributed by atoms with Crippen molar-refractivity contribution in [3.05, 3.63) is 72.7 Å². The predicted octanol–water partition coefficient (Wildman–Crippen LogP) is 3.15. The van der Waals surface area contributed by atoms with Gasteiger partial charge < -0.3 is 15.0 Å². The average molecular weight is 486 g/mol. The molecule has 31 heavy (non-hydrogen) atoms. The number of para-hydroxylation sites is 1. The normalized spacial score (nSPS) is 15.0. The number of nitrogens with one attached hydrogen (secondary N) is 2. The van der Waals surface area contributed by atoms with E-state index in [4.69, 9.17) is 4.74 Å². The molecule has 1 aliphatic heterocycles. The number of amides is 1. The van der Waals surface area contributed by atoms with Crippen molar-refractivity contribution < 1.29 is 14.3 Å². The van der Waals surface area contributed by atoms with E-state index in [1.165, 1.54) is 4.57 Å². The number of aryl methyl sites for hydroxylation is 1. The Morgan fingerprint density at radius 2 is 2.03 bits per heavy atom. The minimum atomic E-state index is -0.725. The lowest BCUT2D eigenvalue weighted by Gasteiger charge is -2.27. The van der Waals surface area contributed by atoms with Crippen LogP contribution in [0.2, 0.25) is 0 Å². The molecule has 8 nitrogen and oxygen atoms in total. The highest BCUT2D eigenvalue weighted by atomic mass is 79.9. The zero-order valence-electron chi connectivity index (χ0n) is 16.7. The number of H-pyrrole nitrogens is 1. The van der Waals surface area contributed by atoms with Crippen molar-refractivity contribution >= 4 is 44.5 Å². The standard InChI is InChI=1S/C22H20BrN3O5/c1-2-31-22(30)15-5-3-4-6-16(15)24-18(27)11-14-8-7-12-9-13(23)10-17-19(12)26(14)21(29)20(28)25-17/h3-6,9-10,14H,2,7-8,11H2,1H3,(H,24,27)(H,25,28). The fraction of sp³-hybridized carbons (Fsp3) is 0.273. The molecule has 0 saturated carbocycles. The number of rotatable bonds is 5. The number of carbonyl (C=O) groups is 2. The summed E-state index contributed by atoms with van der Waals surface area (Å²) in [6, 6.07) is 9.78. The molecule has 1 aromatic heterocycles. The molecule has 0 bridgehead atoms. The lowest BCUT2D eigenvalue weighted by atomic mass is 9.96. The number of halogens is 1. The highest BCUT2D eigenvalue weighted by Gasteiger charge is 2.27. The van der Waals surface area contributed by atoms with Gasteiger partial charge >= 0.3 is 17.1 Å². The van der Waals surface area contributed by atoms with E-state index in [1.54, 1.807) is 37.3 Å². The van der Waals surface area contributed by atoms with Gasteiger partial charge in [0.15, 0.2) is 0 Å². The second kappa shape index (κ2) is 8.50. The molecule has 4 rings (SSSR count). The Hall–Kier alpha value is -3.20. The zero-order valence-corrected chi connectivity index (χ0v) is 18.3. The summed E-state index contributed by atoms with van der Waals surface area (Å²) in [4.78, 5) is 52.5. The third-order valence-corrected chi connectivity index (χ3v) is 5.74. The van der Waals surface area contributed by atoms with Gasteiger partial charge in [0, 0.05) is 16.9 Å². The number of hydrogen-bond donors (Lipinski definition) is 2. The van der Waals surface area contributed by atoms with Gasteiger partial charge in [0.1, 0.15) is 0 Å². The summed E-state index contributed by atoms with van der Waals surface area (Å²) in [5.41, 5.74) is 1.32. The Bertz CT molecular complexity index is 1310. The van der Waals surface area contributed by atoms with Gasteiger partial charge in [-0.15, -0.1) is 0 Å². The number of esters is 1. The first-order valence-electron chi connectivity index (χ1n) is 9.92. The Morgan fingerprint density at radius 3 is 2.81 bits per heavy atom. The van der Waals surface area contributed by atoms with Crippen molar-refractivity contribution in [3.63, 3.8) is 0 Å². The van der Waals surface area contributed by atoms with Crippen molar-refractivity contribution in [2.45, 2.75) is 32.2 Å². The van der Waals surface area contributed by atoms with Crippen molar-refractivity contribution in [3.8, 4) is 0 Å². The molecule has 1 atom stereocenters. The molecule has 0 spiro atoms. The first kappa shape index (κ1) is 21.0. The fourth-order valence-electron chi connectivity index (χ4n) is 4.00. The van der Waals surface area contributed by atoms with Crippen LogP contribution in [-0.4, -0.2) is 28.0 Å². The van der Waals surface area contributed by atoms with E-state index in [1.807, 2.05) is 6.07 Å². The molecule has 1 aliphatic rings. The lowest BCUT2D eigenvalue weighted by Crippen LogP contribution is -2.41. The van der Waals surface area contributed by atoms with E-state index in [0.717, 1.165) is 10.0 Å². The van der Waals surface area contributed by atoms with Gasteiger partial charge in [-0.3, -0.25) is 19.0 Å². The molecule has 1 unspecified atom stereocenters. The Kier molecular flexibility index (Phi) is 5.77. The molecule has 0 aliphatic carbocycles. The summed E-state index contributed by atoms with van der Waals surface area (Å²) in [5, 5.41) is 2.75. The maximum atomic E-state index is 12.8. The molecule has 0 saturated heterocycles. The minimum absolute atomic E-state index is 0.00881. The van der Waals surface area contributed by atoms with Crippen LogP contribution < -0.4 is 16.4 Å². The smallest absolute Gasteiger partial charge is 0.340 e. The Labute approximate surface area is 185 Å². The molecular weight excluding hydrogens is 466 g/mol. The second-order valence-electron chi connectivity index (χ2n) is 7.30.